The molecule has 1 heterocycles. The predicted molar refractivity (Wildman–Crippen MR) is 77.4 cm³/mol. The number of methoxy groups -OCH3 is 1. The number of hydrogen-bond donors (Lipinski definition) is 2. The van der Waals surface area contributed by atoms with E-state index in [1.807, 2.05) is 6.92 Å². The Kier molecular flexibility index (Phi) is 6.54. The van der Waals surface area contributed by atoms with Gasteiger partial charge >= 0.3 is 0 Å². The van der Waals surface area contributed by atoms with Crippen molar-refractivity contribution in [2.75, 3.05) is 47.6 Å². The van der Waals surface area contributed by atoms with Crippen molar-refractivity contribution >= 4 is 5.96 Å². The van der Waals surface area contributed by atoms with Crippen LogP contribution < -0.4 is 11.1 Å². The molecular formula is C13H28N4O2. The molecule has 1 unspecified atom stereocenters. The molecule has 1 atom stereocenters. The van der Waals surface area contributed by atoms with Crippen LogP contribution in [0, 0.1) is 0 Å². The van der Waals surface area contributed by atoms with Gasteiger partial charge in [-0.2, -0.15) is 0 Å². The standard InChI is InChI=1S/C13H28N4O2/c1-11(9-18-4)16-12(14)15-10-13(17(2)3)5-7-19-8-6-13/h11H,5-10H2,1-4H3,(H3,14,15,16). The zero-order valence-electron chi connectivity index (χ0n) is 12.6. The van der Waals surface area contributed by atoms with Crippen LogP contribution in [0.5, 0.6) is 0 Å². The second-order valence-corrected chi connectivity index (χ2v) is 5.43. The lowest BCUT2D eigenvalue weighted by Crippen LogP contribution is -2.52. The Morgan fingerprint density at radius 1 is 1.47 bits per heavy atom. The van der Waals surface area contributed by atoms with Crippen molar-refractivity contribution in [2.45, 2.75) is 31.3 Å². The Labute approximate surface area is 116 Å². The van der Waals surface area contributed by atoms with Gasteiger partial charge in [0.25, 0.3) is 0 Å². The normalized spacial score (nSPS) is 21.4. The number of nitrogens with two attached hydrogens (primary N) is 1. The molecule has 0 saturated carbocycles. The minimum Gasteiger partial charge on any atom is -0.383 e. The van der Waals surface area contributed by atoms with Gasteiger partial charge in [0.2, 0.25) is 0 Å². The van der Waals surface area contributed by atoms with E-state index >= 15 is 0 Å². The van der Waals surface area contributed by atoms with E-state index < -0.39 is 0 Å². The highest BCUT2D eigenvalue weighted by atomic mass is 16.5. The van der Waals surface area contributed by atoms with Gasteiger partial charge in [0.05, 0.1) is 13.2 Å². The third-order valence-electron chi connectivity index (χ3n) is 3.73. The summed E-state index contributed by atoms with van der Waals surface area (Å²) in [4.78, 5) is 6.73. The van der Waals surface area contributed by atoms with Gasteiger partial charge in [-0.3, -0.25) is 4.99 Å². The summed E-state index contributed by atoms with van der Waals surface area (Å²) in [6.45, 7) is 4.91. The van der Waals surface area contributed by atoms with Crippen LogP contribution in [-0.2, 0) is 9.47 Å². The topological polar surface area (TPSA) is 72.1 Å². The predicted octanol–water partition coefficient (Wildman–Crippen LogP) is 0.0364. The molecule has 0 aromatic heterocycles. The molecule has 0 amide bonds. The van der Waals surface area contributed by atoms with E-state index in [9.17, 15) is 0 Å². The molecule has 0 radical (unpaired) electrons. The molecule has 0 aromatic rings. The highest BCUT2D eigenvalue weighted by molar-refractivity contribution is 5.78. The number of hydrogen-bond acceptors (Lipinski definition) is 4. The van der Waals surface area contributed by atoms with Crippen molar-refractivity contribution in [3.63, 3.8) is 0 Å². The summed E-state index contributed by atoms with van der Waals surface area (Å²) in [6, 6.07) is 0.166. The Bertz CT molecular complexity index is 288. The lowest BCUT2D eigenvalue weighted by Gasteiger charge is -2.41. The minimum atomic E-state index is 0.0645. The van der Waals surface area contributed by atoms with Gasteiger partial charge in [-0.25, -0.2) is 0 Å². The Balaban J connectivity index is 2.55. The molecule has 6 heteroatoms. The molecule has 3 N–H and O–H groups in total. The van der Waals surface area contributed by atoms with Gasteiger partial charge in [0.15, 0.2) is 5.96 Å². The van der Waals surface area contributed by atoms with Crippen LogP contribution in [0.15, 0.2) is 4.99 Å². The van der Waals surface area contributed by atoms with E-state index in [1.165, 1.54) is 0 Å². The molecule has 19 heavy (non-hydrogen) atoms. The first-order valence-electron chi connectivity index (χ1n) is 6.81. The SMILES string of the molecule is COCC(C)NC(N)=NCC1(N(C)C)CCOCC1. The highest BCUT2D eigenvalue weighted by Gasteiger charge is 2.34. The second kappa shape index (κ2) is 7.67. The van der Waals surface area contributed by atoms with Crippen LogP contribution in [0.4, 0.5) is 0 Å². The smallest absolute Gasteiger partial charge is 0.188 e. The summed E-state index contributed by atoms with van der Waals surface area (Å²) >= 11 is 0. The minimum absolute atomic E-state index is 0.0645. The molecule has 112 valence electrons. The van der Waals surface area contributed by atoms with Gasteiger partial charge in [0.1, 0.15) is 0 Å². The lowest BCUT2D eigenvalue weighted by molar-refractivity contribution is -0.00253. The molecule has 0 spiro atoms. The van der Waals surface area contributed by atoms with E-state index in [2.05, 4.69) is 29.3 Å². The number of nitrogens with one attached hydrogen (secondary N) is 1. The Hall–Kier alpha value is -0.850. The number of rotatable bonds is 6. The first-order valence-corrected chi connectivity index (χ1v) is 6.81. The number of likely N-dealkylation sites (N-methyl/N-ethyl adjacent to an activating group) is 1. The van der Waals surface area contributed by atoms with Crippen LogP contribution in [0.25, 0.3) is 0 Å². The summed E-state index contributed by atoms with van der Waals surface area (Å²) < 4.78 is 10.5. The average molecular weight is 272 g/mol. The largest absolute Gasteiger partial charge is 0.383 e. The molecule has 0 aromatic carbocycles. The molecule has 1 rings (SSSR count). The summed E-state index contributed by atoms with van der Waals surface area (Å²) in [5, 5.41) is 3.13. The Morgan fingerprint density at radius 3 is 2.63 bits per heavy atom. The van der Waals surface area contributed by atoms with Crippen molar-refractivity contribution in [2.24, 2.45) is 10.7 Å². The lowest BCUT2D eigenvalue weighted by atomic mass is 9.89. The van der Waals surface area contributed by atoms with Crippen molar-refractivity contribution in [1.29, 1.82) is 0 Å². The van der Waals surface area contributed by atoms with Crippen LogP contribution in [0.1, 0.15) is 19.8 Å². The average Bonchev–Trinajstić information content (AvgIpc) is 2.37. The number of ether oxygens (including phenoxy) is 2. The molecule has 1 fully saturated rings. The Morgan fingerprint density at radius 2 is 2.11 bits per heavy atom. The van der Waals surface area contributed by atoms with Gasteiger partial charge < -0.3 is 25.4 Å². The van der Waals surface area contributed by atoms with Crippen LogP contribution in [0.3, 0.4) is 0 Å². The first kappa shape index (κ1) is 16.2. The molecule has 0 aliphatic carbocycles. The monoisotopic (exact) mass is 272 g/mol. The molecule has 1 aliphatic rings. The van der Waals surface area contributed by atoms with E-state index in [0.29, 0.717) is 19.1 Å². The fraction of sp³-hybridized carbons (Fsp3) is 0.923. The third-order valence-corrected chi connectivity index (χ3v) is 3.73. The second-order valence-electron chi connectivity index (χ2n) is 5.43. The summed E-state index contributed by atoms with van der Waals surface area (Å²) in [5.74, 6) is 0.484. The summed E-state index contributed by atoms with van der Waals surface area (Å²) in [6.07, 6.45) is 1.98. The molecule has 0 bridgehead atoms. The number of nitrogens with zero attached hydrogens (tertiary/aromatic N) is 2. The molecule has 1 aliphatic heterocycles. The van der Waals surface area contributed by atoms with E-state index in [0.717, 1.165) is 26.1 Å². The molecule has 6 nitrogen and oxygen atoms in total. The van der Waals surface area contributed by atoms with Crippen LogP contribution in [0.2, 0.25) is 0 Å². The maximum Gasteiger partial charge on any atom is 0.188 e. The number of aliphatic imine (C=N–C) groups is 1. The zero-order valence-corrected chi connectivity index (χ0v) is 12.6. The van der Waals surface area contributed by atoms with E-state index in [1.54, 1.807) is 7.11 Å². The van der Waals surface area contributed by atoms with E-state index in [-0.39, 0.29) is 11.6 Å². The van der Waals surface area contributed by atoms with Crippen LogP contribution >= 0.6 is 0 Å². The fourth-order valence-corrected chi connectivity index (χ4v) is 2.32. The van der Waals surface area contributed by atoms with Gasteiger partial charge in [-0.1, -0.05) is 0 Å². The van der Waals surface area contributed by atoms with Crippen molar-refractivity contribution in [1.82, 2.24) is 10.2 Å². The van der Waals surface area contributed by atoms with E-state index in [4.69, 9.17) is 15.2 Å². The van der Waals surface area contributed by atoms with Crippen molar-refractivity contribution in [3.05, 3.63) is 0 Å². The zero-order chi connectivity index (χ0) is 14.3. The van der Waals surface area contributed by atoms with Crippen molar-refractivity contribution < 1.29 is 9.47 Å². The maximum atomic E-state index is 5.91. The highest BCUT2D eigenvalue weighted by Crippen LogP contribution is 2.26. The summed E-state index contributed by atoms with van der Waals surface area (Å²) in [5.41, 5.74) is 5.98. The molecule has 1 saturated heterocycles. The fourth-order valence-electron chi connectivity index (χ4n) is 2.32. The maximum absolute atomic E-state index is 5.91. The van der Waals surface area contributed by atoms with Gasteiger partial charge in [-0.15, -0.1) is 0 Å². The van der Waals surface area contributed by atoms with Crippen LogP contribution in [-0.4, -0.2) is 70.0 Å². The summed E-state index contributed by atoms with van der Waals surface area (Å²) in [7, 11) is 5.87. The molecular weight excluding hydrogens is 244 g/mol. The number of guanidine groups is 1. The van der Waals surface area contributed by atoms with Gasteiger partial charge in [-0.05, 0) is 33.9 Å². The first-order chi connectivity index (χ1) is 9.00. The van der Waals surface area contributed by atoms with Crippen molar-refractivity contribution in [3.8, 4) is 0 Å². The van der Waals surface area contributed by atoms with Gasteiger partial charge in [0, 0.05) is 31.9 Å². The quantitative estimate of drug-likeness (QED) is 0.527. The third kappa shape index (κ3) is 4.97.